The van der Waals surface area contributed by atoms with Crippen LogP contribution in [0.2, 0.25) is 0 Å². The topological polar surface area (TPSA) is 99.2 Å². The third-order valence-corrected chi connectivity index (χ3v) is 6.71. The van der Waals surface area contributed by atoms with E-state index in [1.807, 2.05) is 37.4 Å². The van der Waals surface area contributed by atoms with Gasteiger partial charge in [0.2, 0.25) is 10.0 Å². The Hall–Kier alpha value is -2.26. The van der Waals surface area contributed by atoms with Crippen LogP contribution < -0.4 is 10.2 Å². The number of anilines is 1. The molecule has 0 aromatic heterocycles. The number of nitrogens with one attached hydrogen (secondary N) is 1. The minimum absolute atomic E-state index is 0.279. The van der Waals surface area contributed by atoms with E-state index in [9.17, 15) is 18.0 Å². The zero-order valence-electron chi connectivity index (χ0n) is 14.1. The van der Waals surface area contributed by atoms with Gasteiger partial charge in [-0.05, 0) is 31.0 Å². The highest BCUT2D eigenvalue weighted by Gasteiger charge is 2.40. The summed E-state index contributed by atoms with van der Waals surface area (Å²) in [5.74, 6) is -0.850. The molecule has 1 N–H and O–H groups in total. The second kappa shape index (κ2) is 6.57. The van der Waals surface area contributed by atoms with Crippen LogP contribution in [0.4, 0.5) is 10.5 Å². The number of piperazine rings is 1. The molecule has 25 heavy (non-hydrogen) atoms. The molecule has 0 spiro atoms. The van der Waals surface area contributed by atoms with Crippen molar-refractivity contribution >= 4 is 33.9 Å². The van der Waals surface area contributed by atoms with Crippen LogP contribution in [0, 0.1) is 13.8 Å². The highest BCUT2D eigenvalue weighted by molar-refractivity contribution is 7.91. The summed E-state index contributed by atoms with van der Waals surface area (Å²) in [5, 5.41) is 0.484. The number of rotatable bonds is 3. The molecule has 1 fully saturated rings. The number of imide groups is 1. The van der Waals surface area contributed by atoms with Gasteiger partial charge in [-0.25, -0.2) is 18.2 Å². The van der Waals surface area contributed by atoms with Crippen LogP contribution in [0.1, 0.15) is 11.1 Å². The molecule has 2 aliphatic heterocycles. The van der Waals surface area contributed by atoms with Gasteiger partial charge in [0.05, 0.1) is 0 Å². The minimum Gasteiger partial charge on any atom is -0.369 e. The lowest BCUT2D eigenvalue weighted by molar-refractivity contribution is -0.118. The number of carbonyl (C=O) groups is 2. The van der Waals surface area contributed by atoms with E-state index in [2.05, 4.69) is 9.89 Å². The maximum Gasteiger partial charge on any atom is 0.347 e. The monoisotopic (exact) mass is 364 g/mol. The molecule has 0 aliphatic carbocycles. The Kier molecular flexibility index (Phi) is 4.61. The summed E-state index contributed by atoms with van der Waals surface area (Å²) in [4.78, 5) is 28.4. The van der Waals surface area contributed by atoms with E-state index >= 15 is 0 Å². The Morgan fingerprint density at radius 1 is 1.12 bits per heavy atom. The Balaban J connectivity index is 1.73. The third kappa shape index (κ3) is 3.29. The fourth-order valence-corrected chi connectivity index (χ4v) is 4.58. The predicted molar refractivity (Wildman–Crippen MR) is 94.4 cm³/mol. The predicted octanol–water partition coefficient (Wildman–Crippen LogP) is 0.444. The zero-order chi connectivity index (χ0) is 18.2. The molecular weight excluding hydrogens is 344 g/mol. The highest BCUT2D eigenvalue weighted by atomic mass is 32.2. The van der Waals surface area contributed by atoms with Gasteiger partial charge >= 0.3 is 6.03 Å². The molecule has 1 aromatic carbocycles. The summed E-state index contributed by atoms with van der Waals surface area (Å²) in [7, 11) is -3.89. The molecule has 3 amide bonds. The summed E-state index contributed by atoms with van der Waals surface area (Å²) in [5.41, 5.74) is 3.46. The largest absolute Gasteiger partial charge is 0.369 e. The van der Waals surface area contributed by atoms with E-state index in [1.165, 1.54) is 15.4 Å². The second-order valence-electron chi connectivity index (χ2n) is 6.14. The molecule has 1 saturated heterocycles. The maximum atomic E-state index is 12.7. The van der Waals surface area contributed by atoms with E-state index in [0.717, 1.165) is 11.9 Å². The number of nitrogens with zero attached hydrogens (tertiary/aromatic N) is 3. The Morgan fingerprint density at radius 2 is 1.80 bits per heavy atom. The van der Waals surface area contributed by atoms with Gasteiger partial charge in [-0.15, -0.1) is 0 Å². The van der Waals surface area contributed by atoms with Gasteiger partial charge in [-0.2, -0.15) is 4.31 Å². The molecular formula is C16H20N4O4S. The molecule has 0 bridgehead atoms. The molecule has 0 radical (unpaired) electrons. The maximum absolute atomic E-state index is 12.7. The van der Waals surface area contributed by atoms with Crippen LogP contribution in [0.25, 0.3) is 0 Å². The van der Waals surface area contributed by atoms with E-state index in [-0.39, 0.29) is 13.1 Å². The number of benzene rings is 1. The lowest BCUT2D eigenvalue weighted by Crippen LogP contribution is -2.56. The molecule has 2 heterocycles. The first kappa shape index (κ1) is 17.6. The average Bonchev–Trinajstić information content (AvgIpc) is 2.57. The fraction of sp³-hybridized carbons (Fsp3) is 0.438. The van der Waals surface area contributed by atoms with Gasteiger partial charge in [0, 0.05) is 38.1 Å². The summed E-state index contributed by atoms with van der Waals surface area (Å²) >= 11 is 0. The summed E-state index contributed by atoms with van der Waals surface area (Å²) in [6, 6.07) is 5.22. The third-order valence-electron chi connectivity index (χ3n) is 4.65. The number of urea groups is 1. The van der Waals surface area contributed by atoms with Crippen molar-refractivity contribution in [3.8, 4) is 0 Å². The number of carbonyl (C=O) groups excluding carboxylic acids is 2. The number of hydrogen-bond acceptors (Lipinski definition) is 5. The zero-order valence-corrected chi connectivity index (χ0v) is 14.9. The van der Waals surface area contributed by atoms with Crippen LogP contribution >= 0.6 is 0 Å². The minimum atomic E-state index is -3.89. The SMILES string of the molecule is Cc1cccc(N2CCN(S(=O)(=O)C3C=NC(=O)NC3=O)CC2)c1C. The summed E-state index contributed by atoms with van der Waals surface area (Å²) in [6.45, 7) is 5.72. The molecule has 9 heteroatoms. The Bertz CT molecular complexity index is 842. The van der Waals surface area contributed by atoms with Gasteiger partial charge in [-0.3, -0.25) is 10.1 Å². The number of amides is 3. The molecule has 2 aliphatic rings. The van der Waals surface area contributed by atoms with Crippen molar-refractivity contribution in [3.63, 3.8) is 0 Å². The van der Waals surface area contributed by atoms with Crippen molar-refractivity contribution in [1.29, 1.82) is 0 Å². The molecule has 1 aromatic rings. The number of hydrogen-bond donors (Lipinski definition) is 1. The van der Waals surface area contributed by atoms with Gasteiger partial charge in [0.15, 0.2) is 5.25 Å². The average molecular weight is 364 g/mol. The van der Waals surface area contributed by atoms with Crippen molar-refractivity contribution in [2.75, 3.05) is 31.1 Å². The van der Waals surface area contributed by atoms with Crippen LogP contribution in [-0.4, -0.2) is 62.3 Å². The lowest BCUT2D eigenvalue weighted by atomic mass is 10.1. The molecule has 8 nitrogen and oxygen atoms in total. The second-order valence-corrected chi connectivity index (χ2v) is 8.20. The van der Waals surface area contributed by atoms with E-state index < -0.39 is 27.2 Å². The van der Waals surface area contributed by atoms with Crippen molar-refractivity contribution in [3.05, 3.63) is 29.3 Å². The van der Waals surface area contributed by atoms with E-state index in [4.69, 9.17) is 0 Å². The first-order valence-electron chi connectivity index (χ1n) is 8.00. The fourth-order valence-electron chi connectivity index (χ4n) is 3.05. The normalized spacial score (nSPS) is 22.2. The van der Waals surface area contributed by atoms with Gasteiger partial charge in [0.1, 0.15) is 0 Å². The molecule has 134 valence electrons. The van der Waals surface area contributed by atoms with Crippen LogP contribution in [-0.2, 0) is 14.8 Å². The number of aliphatic imine (C=N–C) groups is 1. The molecule has 0 saturated carbocycles. The smallest absolute Gasteiger partial charge is 0.347 e. The van der Waals surface area contributed by atoms with E-state index in [0.29, 0.717) is 13.1 Å². The Morgan fingerprint density at radius 3 is 2.44 bits per heavy atom. The molecule has 1 unspecified atom stereocenters. The quantitative estimate of drug-likeness (QED) is 0.839. The number of sulfonamides is 1. The molecule has 1 atom stereocenters. The van der Waals surface area contributed by atoms with Crippen LogP contribution in [0.3, 0.4) is 0 Å². The Labute approximate surface area is 146 Å². The lowest BCUT2D eigenvalue weighted by Gasteiger charge is -2.37. The van der Waals surface area contributed by atoms with Crippen LogP contribution in [0.5, 0.6) is 0 Å². The van der Waals surface area contributed by atoms with Gasteiger partial charge in [-0.1, -0.05) is 12.1 Å². The van der Waals surface area contributed by atoms with E-state index in [1.54, 1.807) is 0 Å². The van der Waals surface area contributed by atoms with Crippen LogP contribution in [0.15, 0.2) is 23.2 Å². The van der Waals surface area contributed by atoms with Crippen molar-refractivity contribution in [2.24, 2.45) is 4.99 Å². The van der Waals surface area contributed by atoms with Crippen molar-refractivity contribution in [1.82, 2.24) is 9.62 Å². The standard InChI is InChI=1S/C16H20N4O4S/c1-11-4-3-5-13(12(11)2)19-6-8-20(9-7-19)25(23,24)14-10-17-16(22)18-15(14)21/h3-5,10,14H,6-9H2,1-2H3,(H,18,21,22). The van der Waals surface area contributed by atoms with Gasteiger partial charge in [0.25, 0.3) is 5.91 Å². The van der Waals surface area contributed by atoms with Gasteiger partial charge < -0.3 is 4.90 Å². The van der Waals surface area contributed by atoms with Crippen molar-refractivity contribution in [2.45, 2.75) is 19.1 Å². The van der Waals surface area contributed by atoms with Crippen molar-refractivity contribution < 1.29 is 18.0 Å². The summed E-state index contributed by atoms with van der Waals surface area (Å²) in [6.07, 6.45) is 0.910. The first-order chi connectivity index (χ1) is 11.8. The number of aryl methyl sites for hydroxylation is 1. The summed E-state index contributed by atoms with van der Waals surface area (Å²) < 4.78 is 26.6. The highest BCUT2D eigenvalue weighted by Crippen LogP contribution is 2.25. The first-order valence-corrected chi connectivity index (χ1v) is 9.50. The molecule has 3 rings (SSSR count).